The molecule has 1 N–H and O–H groups in total. The van der Waals surface area contributed by atoms with E-state index >= 15 is 0 Å². The molecule has 0 spiro atoms. The number of nitrogens with one attached hydrogen (secondary N) is 1. The number of thiophene rings is 1. The van der Waals surface area contributed by atoms with Crippen LogP contribution in [0.15, 0.2) is 27.6 Å². The lowest BCUT2D eigenvalue weighted by atomic mass is 10.2. The van der Waals surface area contributed by atoms with Crippen molar-refractivity contribution in [2.45, 2.75) is 31.6 Å². The fourth-order valence-corrected chi connectivity index (χ4v) is 5.60. The molecule has 0 aromatic carbocycles. The number of ether oxygens (including phenoxy) is 1. The first kappa shape index (κ1) is 20.2. The molecule has 3 heterocycles. The summed E-state index contributed by atoms with van der Waals surface area (Å²) in [5.41, 5.74) is 1.12. The minimum Gasteiger partial charge on any atom is -0.467 e. The maximum Gasteiger partial charge on any atom is 0.259 e. The second kappa shape index (κ2) is 9.15. The van der Waals surface area contributed by atoms with Crippen molar-refractivity contribution >= 4 is 39.2 Å². The third-order valence-electron chi connectivity index (χ3n) is 4.93. The SMILES string of the molecule is COCCN(Cc1ccco1)C(=O)CSCc1nc2sc3c(c2c(=O)[nH]1)CCC3. The van der Waals surface area contributed by atoms with E-state index < -0.39 is 0 Å². The zero-order valence-electron chi connectivity index (χ0n) is 16.2. The quantitative estimate of drug-likeness (QED) is 0.558. The van der Waals surface area contributed by atoms with E-state index in [0.29, 0.717) is 37.0 Å². The number of furan rings is 1. The zero-order valence-corrected chi connectivity index (χ0v) is 17.9. The van der Waals surface area contributed by atoms with E-state index in [9.17, 15) is 9.59 Å². The molecule has 0 saturated heterocycles. The summed E-state index contributed by atoms with van der Waals surface area (Å²) in [5.74, 6) is 2.14. The van der Waals surface area contributed by atoms with Crippen molar-refractivity contribution in [1.82, 2.24) is 14.9 Å². The number of rotatable bonds is 9. The molecule has 0 radical (unpaired) electrons. The van der Waals surface area contributed by atoms with Crippen LogP contribution in [0.5, 0.6) is 0 Å². The number of aryl methyl sites for hydroxylation is 2. The second-order valence-electron chi connectivity index (χ2n) is 6.93. The van der Waals surface area contributed by atoms with Crippen LogP contribution in [0.25, 0.3) is 10.2 Å². The molecule has 0 unspecified atom stereocenters. The van der Waals surface area contributed by atoms with Crippen molar-refractivity contribution in [3.05, 3.63) is 50.8 Å². The van der Waals surface area contributed by atoms with Gasteiger partial charge in [0, 0.05) is 18.5 Å². The van der Waals surface area contributed by atoms with Gasteiger partial charge in [-0.1, -0.05) is 0 Å². The summed E-state index contributed by atoms with van der Waals surface area (Å²) in [6.45, 7) is 1.38. The molecule has 3 aromatic rings. The summed E-state index contributed by atoms with van der Waals surface area (Å²) in [6.07, 6.45) is 4.73. The standard InChI is InChI=1S/C20H23N3O4S2/c1-26-9-7-23(10-13-4-3-8-27-13)17(24)12-28-11-16-21-19(25)18-14-5-2-6-15(14)29-20(18)22-16/h3-4,8H,2,5-7,9-12H2,1H3,(H,21,22,25). The molecule has 1 aliphatic rings. The predicted octanol–water partition coefficient (Wildman–Crippen LogP) is 2.97. The van der Waals surface area contributed by atoms with Gasteiger partial charge in [0.15, 0.2) is 0 Å². The van der Waals surface area contributed by atoms with Gasteiger partial charge in [-0.15, -0.1) is 23.1 Å². The van der Waals surface area contributed by atoms with Crippen molar-refractivity contribution in [3.8, 4) is 0 Å². The van der Waals surface area contributed by atoms with Gasteiger partial charge in [-0.3, -0.25) is 9.59 Å². The average Bonchev–Trinajstić information content (AvgIpc) is 3.42. The lowest BCUT2D eigenvalue weighted by Crippen LogP contribution is -2.34. The number of carbonyl (C=O) groups is 1. The smallest absolute Gasteiger partial charge is 0.259 e. The Bertz CT molecular complexity index is 1040. The molecule has 0 aliphatic heterocycles. The normalized spacial score (nSPS) is 13.1. The van der Waals surface area contributed by atoms with Crippen molar-refractivity contribution in [3.63, 3.8) is 0 Å². The number of amides is 1. The van der Waals surface area contributed by atoms with E-state index in [0.717, 1.165) is 35.2 Å². The van der Waals surface area contributed by atoms with Crippen molar-refractivity contribution in [1.29, 1.82) is 0 Å². The van der Waals surface area contributed by atoms with E-state index in [-0.39, 0.29) is 11.5 Å². The van der Waals surface area contributed by atoms with Crippen molar-refractivity contribution < 1.29 is 13.9 Å². The summed E-state index contributed by atoms with van der Waals surface area (Å²) in [5, 5.41) is 0.761. The minimum absolute atomic E-state index is 0.00183. The number of thioether (sulfide) groups is 1. The fourth-order valence-electron chi connectivity index (χ4n) is 3.53. The highest BCUT2D eigenvalue weighted by molar-refractivity contribution is 7.99. The zero-order chi connectivity index (χ0) is 20.2. The molecule has 154 valence electrons. The Morgan fingerprint density at radius 2 is 2.34 bits per heavy atom. The number of hydrogen-bond donors (Lipinski definition) is 1. The topological polar surface area (TPSA) is 88.4 Å². The predicted molar refractivity (Wildman–Crippen MR) is 114 cm³/mol. The number of nitrogens with zero attached hydrogens (tertiary/aromatic N) is 2. The first-order valence-corrected chi connectivity index (χ1v) is 11.5. The molecule has 4 rings (SSSR count). The van der Waals surface area contributed by atoms with Crippen LogP contribution in [0.4, 0.5) is 0 Å². The Kier molecular flexibility index (Phi) is 6.37. The molecule has 0 saturated carbocycles. The van der Waals surface area contributed by atoms with Crippen LogP contribution in [0.2, 0.25) is 0 Å². The molecule has 1 amide bonds. The van der Waals surface area contributed by atoms with Crippen molar-refractivity contribution in [2.75, 3.05) is 26.0 Å². The Morgan fingerprint density at radius 1 is 1.45 bits per heavy atom. The van der Waals surface area contributed by atoms with Crippen LogP contribution < -0.4 is 5.56 Å². The van der Waals surface area contributed by atoms with E-state index in [1.165, 1.54) is 22.2 Å². The fraction of sp³-hybridized carbons (Fsp3) is 0.450. The third kappa shape index (κ3) is 4.57. The molecule has 3 aromatic heterocycles. The number of fused-ring (bicyclic) bond motifs is 3. The molecule has 29 heavy (non-hydrogen) atoms. The number of aromatic nitrogens is 2. The van der Waals surface area contributed by atoms with Gasteiger partial charge in [-0.2, -0.15) is 0 Å². The first-order chi connectivity index (χ1) is 14.2. The average molecular weight is 434 g/mol. The second-order valence-corrected chi connectivity index (χ2v) is 9.00. The van der Waals surface area contributed by atoms with Gasteiger partial charge < -0.3 is 19.0 Å². The number of carbonyl (C=O) groups excluding carboxylic acids is 1. The van der Waals surface area contributed by atoms with Gasteiger partial charge in [-0.05, 0) is 37.0 Å². The van der Waals surface area contributed by atoms with Crippen LogP contribution in [-0.4, -0.2) is 46.8 Å². The number of aromatic amines is 1. The molecular weight excluding hydrogens is 410 g/mol. The molecule has 0 bridgehead atoms. The van der Waals surface area contributed by atoms with E-state index in [2.05, 4.69) is 9.97 Å². The van der Waals surface area contributed by atoms with Crippen LogP contribution in [-0.2, 0) is 34.7 Å². The largest absolute Gasteiger partial charge is 0.467 e. The Morgan fingerprint density at radius 3 is 3.14 bits per heavy atom. The van der Waals surface area contributed by atoms with Gasteiger partial charge in [-0.25, -0.2) is 4.98 Å². The Hall–Kier alpha value is -2.10. The van der Waals surface area contributed by atoms with Crippen molar-refractivity contribution in [2.24, 2.45) is 0 Å². The summed E-state index contributed by atoms with van der Waals surface area (Å²) in [7, 11) is 1.61. The number of H-pyrrole nitrogens is 1. The summed E-state index contributed by atoms with van der Waals surface area (Å²) in [6, 6.07) is 3.66. The maximum atomic E-state index is 12.7. The third-order valence-corrected chi connectivity index (χ3v) is 7.05. The molecule has 0 fully saturated rings. The monoisotopic (exact) mass is 433 g/mol. The van der Waals surface area contributed by atoms with E-state index in [1.54, 1.807) is 29.6 Å². The van der Waals surface area contributed by atoms with Gasteiger partial charge in [0.05, 0.1) is 36.3 Å². The number of hydrogen-bond acceptors (Lipinski definition) is 7. The van der Waals surface area contributed by atoms with E-state index in [1.807, 2.05) is 12.1 Å². The number of methoxy groups -OCH3 is 1. The van der Waals surface area contributed by atoms with E-state index in [4.69, 9.17) is 9.15 Å². The minimum atomic E-state index is -0.0594. The van der Waals surface area contributed by atoms with Crippen LogP contribution in [0.3, 0.4) is 0 Å². The van der Waals surface area contributed by atoms with Gasteiger partial charge in [0.2, 0.25) is 5.91 Å². The lowest BCUT2D eigenvalue weighted by molar-refractivity contribution is -0.129. The molecular formula is C20H23N3O4S2. The highest BCUT2D eigenvalue weighted by atomic mass is 32.2. The lowest BCUT2D eigenvalue weighted by Gasteiger charge is -2.21. The van der Waals surface area contributed by atoms with Crippen LogP contribution in [0.1, 0.15) is 28.4 Å². The Balaban J connectivity index is 1.38. The van der Waals surface area contributed by atoms with Gasteiger partial charge in [0.1, 0.15) is 16.4 Å². The Labute approximate surface area is 176 Å². The molecule has 0 atom stereocenters. The highest BCUT2D eigenvalue weighted by Crippen LogP contribution is 2.34. The van der Waals surface area contributed by atoms with Gasteiger partial charge >= 0.3 is 0 Å². The summed E-state index contributed by atoms with van der Waals surface area (Å²) >= 11 is 3.08. The first-order valence-electron chi connectivity index (χ1n) is 9.56. The summed E-state index contributed by atoms with van der Waals surface area (Å²) in [4.78, 5) is 36.5. The summed E-state index contributed by atoms with van der Waals surface area (Å²) < 4.78 is 10.5. The molecule has 9 heteroatoms. The molecule has 1 aliphatic carbocycles. The van der Waals surface area contributed by atoms with Gasteiger partial charge in [0.25, 0.3) is 5.56 Å². The van der Waals surface area contributed by atoms with Crippen LogP contribution in [0, 0.1) is 0 Å². The molecule has 7 nitrogen and oxygen atoms in total. The highest BCUT2D eigenvalue weighted by Gasteiger charge is 2.21. The maximum absolute atomic E-state index is 12.7. The van der Waals surface area contributed by atoms with Crippen LogP contribution >= 0.6 is 23.1 Å².